The molecule has 0 aliphatic heterocycles. The maximum Gasteiger partial charge on any atom is 0.263 e. The van der Waals surface area contributed by atoms with Crippen molar-refractivity contribution in [1.82, 2.24) is 25.1 Å². The smallest absolute Gasteiger partial charge is 0.263 e. The zero-order valence-corrected chi connectivity index (χ0v) is 21.1. The van der Waals surface area contributed by atoms with E-state index in [0.29, 0.717) is 28.8 Å². The molecule has 0 spiro atoms. The van der Waals surface area contributed by atoms with Crippen LogP contribution in [0.15, 0.2) is 77.6 Å². The lowest BCUT2D eigenvalue weighted by Crippen LogP contribution is -2.05. The first kappa shape index (κ1) is 24.3. The number of aromatic nitrogens is 5. The summed E-state index contributed by atoms with van der Waals surface area (Å²) in [6, 6.07) is 19.5. The van der Waals surface area contributed by atoms with Gasteiger partial charge in [0.05, 0.1) is 6.07 Å². The highest BCUT2D eigenvalue weighted by molar-refractivity contribution is 5.78. The van der Waals surface area contributed by atoms with Gasteiger partial charge in [0.15, 0.2) is 0 Å². The molecule has 0 atom stereocenters. The molecular formula is C29H24N8O. The Bertz CT molecular complexity index is 1630. The number of nitriles is 1. The summed E-state index contributed by atoms with van der Waals surface area (Å²) < 4.78 is 5.60. The Morgan fingerprint density at radius 1 is 0.921 bits per heavy atom. The van der Waals surface area contributed by atoms with Gasteiger partial charge in [-0.05, 0) is 79.9 Å². The Morgan fingerprint density at radius 2 is 1.71 bits per heavy atom. The third-order valence-electron chi connectivity index (χ3n) is 5.80. The summed E-state index contributed by atoms with van der Waals surface area (Å²) in [4.78, 5) is 18.1. The fraction of sp³-hybridized carbons (Fsp3) is 0.103. The van der Waals surface area contributed by atoms with Crippen LogP contribution >= 0.6 is 0 Å². The summed E-state index contributed by atoms with van der Waals surface area (Å²) >= 11 is 0. The first-order valence-corrected chi connectivity index (χ1v) is 11.9. The highest BCUT2D eigenvalue weighted by Crippen LogP contribution is 2.33. The first-order valence-electron chi connectivity index (χ1n) is 11.9. The van der Waals surface area contributed by atoms with Crippen molar-refractivity contribution in [3.63, 3.8) is 0 Å². The molecule has 0 radical (unpaired) electrons. The zero-order valence-electron chi connectivity index (χ0n) is 21.1. The van der Waals surface area contributed by atoms with Crippen molar-refractivity contribution in [2.24, 2.45) is 0 Å². The number of anilines is 4. The second-order valence-electron chi connectivity index (χ2n) is 8.70. The van der Waals surface area contributed by atoms with Crippen LogP contribution in [0.25, 0.3) is 29.0 Å². The molecule has 0 bridgehead atoms. The molecule has 3 heterocycles. The third kappa shape index (κ3) is 5.39. The van der Waals surface area contributed by atoms with Gasteiger partial charge in [0.2, 0.25) is 11.8 Å². The molecule has 9 heteroatoms. The zero-order chi connectivity index (χ0) is 26.5. The van der Waals surface area contributed by atoms with Crippen molar-refractivity contribution in [2.45, 2.75) is 20.8 Å². The number of hydrogen-bond donors (Lipinski definition) is 2. The maximum atomic E-state index is 8.88. The molecule has 9 nitrogen and oxygen atoms in total. The molecular weight excluding hydrogens is 476 g/mol. The summed E-state index contributed by atoms with van der Waals surface area (Å²) in [7, 11) is 0. The molecule has 186 valence electrons. The summed E-state index contributed by atoms with van der Waals surface area (Å²) in [5, 5.41) is 19.7. The second kappa shape index (κ2) is 10.7. The predicted octanol–water partition coefficient (Wildman–Crippen LogP) is 6.54. The van der Waals surface area contributed by atoms with Crippen LogP contribution in [-0.4, -0.2) is 25.1 Å². The standard InChI is InChI=1S/C29H24N8O/c1-18-9-11-22(12-10-18)33-29-32-17-23(28-35-27(37-38-28)24-8-4-5-14-31-24)26(36-29)34-25-19(2)15-21(7-6-13-30)16-20(25)3/h4-12,14-17H,1-3H3,(H2,32,33,34,36)/b7-6+. The maximum absolute atomic E-state index is 8.88. The fourth-order valence-corrected chi connectivity index (χ4v) is 3.93. The number of pyridine rings is 1. The Kier molecular flexibility index (Phi) is 6.87. The van der Waals surface area contributed by atoms with Gasteiger partial charge in [-0.25, -0.2) is 4.98 Å². The largest absolute Gasteiger partial charge is 0.339 e. The van der Waals surface area contributed by atoms with Crippen LogP contribution in [0.4, 0.5) is 23.1 Å². The Morgan fingerprint density at radius 3 is 2.42 bits per heavy atom. The number of allylic oxidation sites excluding steroid dienone is 1. The van der Waals surface area contributed by atoms with Crippen LogP contribution in [0, 0.1) is 32.1 Å². The molecule has 0 aliphatic rings. The summed E-state index contributed by atoms with van der Waals surface area (Å²) in [5.74, 6) is 1.54. The summed E-state index contributed by atoms with van der Waals surface area (Å²) in [6.45, 7) is 6.03. The molecule has 3 aromatic heterocycles. The topological polar surface area (TPSA) is 125 Å². The van der Waals surface area contributed by atoms with Crippen molar-refractivity contribution in [1.29, 1.82) is 5.26 Å². The number of benzene rings is 2. The third-order valence-corrected chi connectivity index (χ3v) is 5.80. The molecule has 0 fully saturated rings. The van der Waals surface area contributed by atoms with E-state index in [0.717, 1.165) is 33.6 Å². The van der Waals surface area contributed by atoms with Crippen molar-refractivity contribution in [2.75, 3.05) is 10.6 Å². The van der Waals surface area contributed by atoms with E-state index in [1.54, 1.807) is 18.5 Å². The molecule has 0 unspecified atom stereocenters. The van der Waals surface area contributed by atoms with E-state index in [1.165, 1.54) is 6.08 Å². The molecule has 2 N–H and O–H groups in total. The molecule has 0 aliphatic carbocycles. The Balaban J connectivity index is 1.55. The highest BCUT2D eigenvalue weighted by Gasteiger charge is 2.19. The van der Waals surface area contributed by atoms with Crippen LogP contribution in [0.1, 0.15) is 22.3 Å². The van der Waals surface area contributed by atoms with E-state index < -0.39 is 0 Å². The lowest BCUT2D eigenvalue weighted by Gasteiger charge is -2.16. The highest BCUT2D eigenvalue weighted by atomic mass is 16.5. The minimum absolute atomic E-state index is 0.263. The van der Waals surface area contributed by atoms with E-state index in [2.05, 4.69) is 30.7 Å². The molecule has 0 saturated heterocycles. The van der Waals surface area contributed by atoms with Crippen molar-refractivity contribution < 1.29 is 4.52 Å². The number of rotatable bonds is 7. The predicted molar refractivity (Wildman–Crippen MR) is 147 cm³/mol. The average Bonchev–Trinajstić information content (AvgIpc) is 3.42. The molecule has 0 saturated carbocycles. The van der Waals surface area contributed by atoms with Gasteiger partial charge in [-0.15, -0.1) is 0 Å². The van der Waals surface area contributed by atoms with Crippen molar-refractivity contribution in [3.8, 4) is 29.0 Å². The fourth-order valence-electron chi connectivity index (χ4n) is 3.93. The van der Waals surface area contributed by atoms with E-state index in [4.69, 9.17) is 14.8 Å². The van der Waals surface area contributed by atoms with Gasteiger partial charge in [0.1, 0.15) is 17.1 Å². The molecule has 0 amide bonds. The van der Waals surface area contributed by atoms with E-state index in [9.17, 15) is 0 Å². The first-order chi connectivity index (χ1) is 18.5. The van der Waals surface area contributed by atoms with E-state index in [1.807, 2.05) is 81.4 Å². The minimum atomic E-state index is 0.263. The van der Waals surface area contributed by atoms with Crippen LogP contribution in [0.5, 0.6) is 0 Å². The van der Waals surface area contributed by atoms with Crippen molar-refractivity contribution in [3.05, 3.63) is 95.3 Å². The molecule has 2 aromatic carbocycles. The van der Waals surface area contributed by atoms with Gasteiger partial charge < -0.3 is 15.2 Å². The second-order valence-corrected chi connectivity index (χ2v) is 8.70. The number of nitrogens with one attached hydrogen (secondary N) is 2. The lowest BCUT2D eigenvalue weighted by atomic mass is 10.0. The molecule has 5 rings (SSSR count). The van der Waals surface area contributed by atoms with Crippen LogP contribution < -0.4 is 10.6 Å². The summed E-state index contributed by atoms with van der Waals surface area (Å²) in [6.07, 6.45) is 6.56. The number of aryl methyl sites for hydroxylation is 3. The van der Waals surface area contributed by atoms with Crippen LogP contribution in [-0.2, 0) is 0 Å². The number of nitrogens with zero attached hydrogens (tertiary/aromatic N) is 6. The van der Waals surface area contributed by atoms with Gasteiger partial charge in [-0.2, -0.15) is 15.2 Å². The van der Waals surface area contributed by atoms with Gasteiger partial charge in [-0.3, -0.25) is 4.98 Å². The quantitative estimate of drug-likeness (QED) is 0.240. The van der Waals surface area contributed by atoms with Gasteiger partial charge >= 0.3 is 0 Å². The normalized spacial score (nSPS) is 10.9. The van der Waals surface area contributed by atoms with E-state index in [-0.39, 0.29) is 5.89 Å². The summed E-state index contributed by atoms with van der Waals surface area (Å²) in [5.41, 5.74) is 6.96. The Labute approximate surface area is 219 Å². The lowest BCUT2D eigenvalue weighted by molar-refractivity contribution is 0.432. The van der Waals surface area contributed by atoms with Crippen LogP contribution in [0.2, 0.25) is 0 Å². The Hall–Kier alpha value is -5.36. The van der Waals surface area contributed by atoms with Gasteiger partial charge in [0, 0.05) is 29.8 Å². The van der Waals surface area contributed by atoms with E-state index >= 15 is 0 Å². The van der Waals surface area contributed by atoms with Gasteiger partial charge in [-0.1, -0.05) is 28.9 Å². The molecule has 5 aromatic rings. The number of hydrogen-bond acceptors (Lipinski definition) is 9. The monoisotopic (exact) mass is 500 g/mol. The average molecular weight is 501 g/mol. The van der Waals surface area contributed by atoms with Crippen molar-refractivity contribution >= 4 is 29.2 Å². The molecule has 38 heavy (non-hydrogen) atoms. The minimum Gasteiger partial charge on any atom is -0.339 e. The van der Waals surface area contributed by atoms with Crippen LogP contribution in [0.3, 0.4) is 0 Å². The SMILES string of the molecule is Cc1ccc(Nc2ncc(-c3nc(-c4ccccn4)no3)c(Nc3c(C)cc(/C=C/C#N)cc3C)n2)cc1. The van der Waals surface area contributed by atoms with Gasteiger partial charge in [0.25, 0.3) is 5.89 Å².